The molecule has 20 heavy (non-hydrogen) atoms. The van der Waals surface area contributed by atoms with E-state index in [1.165, 1.54) is 4.31 Å². The molecule has 5 heteroatoms. The highest BCUT2D eigenvalue weighted by Crippen LogP contribution is 2.33. The average molecular weight is 285 g/mol. The monoisotopic (exact) mass is 285 g/mol. The Balaban J connectivity index is 1.85. The molecule has 1 aliphatic rings. The highest BCUT2D eigenvalue weighted by atomic mass is 32.2. The van der Waals surface area contributed by atoms with E-state index in [9.17, 15) is 9.59 Å². The summed E-state index contributed by atoms with van der Waals surface area (Å²) in [6.45, 7) is 0. The molecule has 0 spiro atoms. The van der Waals surface area contributed by atoms with Crippen molar-refractivity contribution in [2.75, 3.05) is 7.11 Å². The Kier molecular flexibility index (Phi) is 3.20. The fraction of sp³-hybridized carbons (Fsp3) is 0.0667. The van der Waals surface area contributed by atoms with Crippen LogP contribution in [0.2, 0.25) is 0 Å². The summed E-state index contributed by atoms with van der Waals surface area (Å²) in [5.74, 6) is 0.189. The largest absolute Gasteiger partial charge is 0.497 e. The van der Waals surface area contributed by atoms with Gasteiger partial charge in [-0.3, -0.25) is 9.59 Å². The molecule has 0 saturated carbocycles. The van der Waals surface area contributed by atoms with E-state index >= 15 is 0 Å². The van der Waals surface area contributed by atoms with Gasteiger partial charge in [0.25, 0.3) is 11.8 Å². The van der Waals surface area contributed by atoms with Gasteiger partial charge in [-0.05, 0) is 48.3 Å². The number of fused-ring (bicyclic) bond motifs is 1. The van der Waals surface area contributed by atoms with Crippen molar-refractivity contribution in [3.63, 3.8) is 0 Å². The molecule has 0 aromatic heterocycles. The van der Waals surface area contributed by atoms with Crippen LogP contribution in [0.25, 0.3) is 0 Å². The van der Waals surface area contributed by atoms with E-state index in [1.54, 1.807) is 43.5 Å². The van der Waals surface area contributed by atoms with Gasteiger partial charge in [-0.2, -0.15) is 0 Å². The third kappa shape index (κ3) is 2.06. The normalized spacial score (nSPS) is 13.6. The molecule has 0 atom stereocenters. The predicted octanol–water partition coefficient (Wildman–Crippen LogP) is 3.00. The number of hydrogen-bond donors (Lipinski definition) is 0. The van der Waals surface area contributed by atoms with E-state index in [-0.39, 0.29) is 11.8 Å². The van der Waals surface area contributed by atoms with Crippen LogP contribution >= 0.6 is 11.9 Å². The maximum Gasteiger partial charge on any atom is 0.272 e. The molecule has 1 aliphatic heterocycles. The predicted molar refractivity (Wildman–Crippen MR) is 75.8 cm³/mol. The van der Waals surface area contributed by atoms with Crippen LogP contribution < -0.4 is 4.74 Å². The Morgan fingerprint density at radius 2 is 1.45 bits per heavy atom. The molecular weight excluding hydrogens is 274 g/mol. The maximum atomic E-state index is 12.2. The van der Waals surface area contributed by atoms with Crippen molar-refractivity contribution >= 4 is 23.8 Å². The second kappa shape index (κ2) is 5.02. The zero-order valence-electron chi connectivity index (χ0n) is 10.7. The van der Waals surface area contributed by atoms with E-state index in [0.717, 1.165) is 22.6 Å². The van der Waals surface area contributed by atoms with E-state index in [2.05, 4.69) is 0 Å². The summed E-state index contributed by atoms with van der Waals surface area (Å²) in [6.07, 6.45) is 0. The topological polar surface area (TPSA) is 46.6 Å². The molecule has 4 nitrogen and oxygen atoms in total. The first-order valence-electron chi connectivity index (χ1n) is 6.00. The lowest BCUT2D eigenvalue weighted by Gasteiger charge is -2.12. The number of nitrogens with zero attached hydrogens (tertiary/aromatic N) is 1. The van der Waals surface area contributed by atoms with E-state index < -0.39 is 0 Å². The number of carbonyl (C=O) groups is 2. The SMILES string of the molecule is COc1ccc(SN2C(=O)c3ccccc3C2=O)cc1. The molecule has 2 aromatic carbocycles. The Morgan fingerprint density at radius 1 is 0.900 bits per heavy atom. The van der Waals surface area contributed by atoms with Gasteiger partial charge in [-0.25, -0.2) is 4.31 Å². The van der Waals surface area contributed by atoms with Crippen molar-refractivity contribution in [1.82, 2.24) is 4.31 Å². The molecule has 0 aliphatic carbocycles. The smallest absolute Gasteiger partial charge is 0.272 e. The number of methoxy groups -OCH3 is 1. The molecule has 0 saturated heterocycles. The second-order valence-corrected chi connectivity index (χ2v) is 5.24. The number of carbonyl (C=O) groups excluding carboxylic acids is 2. The molecular formula is C15H11NO3S. The van der Waals surface area contributed by atoms with Crippen molar-refractivity contribution < 1.29 is 14.3 Å². The van der Waals surface area contributed by atoms with Crippen LogP contribution in [-0.2, 0) is 0 Å². The minimum atomic E-state index is -0.272. The van der Waals surface area contributed by atoms with Crippen LogP contribution in [0.15, 0.2) is 53.4 Å². The van der Waals surface area contributed by atoms with Crippen LogP contribution in [0, 0.1) is 0 Å². The third-order valence-corrected chi connectivity index (χ3v) is 4.01. The van der Waals surface area contributed by atoms with Gasteiger partial charge in [0, 0.05) is 4.90 Å². The van der Waals surface area contributed by atoms with Gasteiger partial charge in [0.05, 0.1) is 18.2 Å². The minimum absolute atomic E-state index is 0.272. The molecule has 2 amide bonds. The number of hydrogen-bond acceptors (Lipinski definition) is 4. The Bertz CT molecular complexity index is 647. The molecule has 0 unspecified atom stereocenters. The molecule has 1 heterocycles. The van der Waals surface area contributed by atoms with Gasteiger partial charge in [-0.1, -0.05) is 12.1 Å². The molecule has 0 fully saturated rings. The zero-order valence-corrected chi connectivity index (χ0v) is 11.5. The van der Waals surface area contributed by atoms with Crippen molar-refractivity contribution in [3.8, 4) is 5.75 Å². The number of imide groups is 1. The summed E-state index contributed by atoms with van der Waals surface area (Å²) in [7, 11) is 1.59. The van der Waals surface area contributed by atoms with Crippen LogP contribution in [0.5, 0.6) is 5.75 Å². The summed E-state index contributed by atoms with van der Waals surface area (Å²) >= 11 is 1.12. The van der Waals surface area contributed by atoms with E-state index in [1.807, 2.05) is 12.1 Å². The average Bonchev–Trinajstić information content (AvgIpc) is 2.74. The first-order valence-corrected chi connectivity index (χ1v) is 6.78. The fourth-order valence-electron chi connectivity index (χ4n) is 1.99. The van der Waals surface area contributed by atoms with Crippen molar-refractivity contribution in [3.05, 3.63) is 59.7 Å². The highest BCUT2D eigenvalue weighted by molar-refractivity contribution is 7.98. The van der Waals surface area contributed by atoms with Gasteiger partial charge < -0.3 is 4.74 Å². The van der Waals surface area contributed by atoms with Gasteiger partial charge in [-0.15, -0.1) is 0 Å². The standard InChI is InChI=1S/C15H11NO3S/c1-19-10-6-8-11(9-7-10)20-16-14(17)12-4-2-3-5-13(12)15(16)18/h2-9H,1H3. The minimum Gasteiger partial charge on any atom is -0.497 e. The third-order valence-electron chi connectivity index (χ3n) is 3.01. The quantitative estimate of drug-likeness (QED) is 0.642. The van der Waals surface area contributed by atoms with Gasteiger partial charge in [0.1, 0.15) is 5.75 Å². The lowest BCUT2D eigenvalue weighted by molar-refractivity contribution is 0.0777. The number of ether oxygens (including phenoxy) is 1. The first kappa shape index (κ1) is 12.7. The summed E-state index contributed by atoms with van der Waals surface area (Å²) in [5.41, 5.74) is 0.914. The number of amides is 2. The molecule has 3 rings (SSSR count). The van der Waals surface area contributed by atoms with E-state index in [0.29, 0.717) is 11.1 Å². The Morgan fingerprint density at radius 3 is 1.95 bits per heavy atom. The van der Waals surface area contributed by atoms with E-state index in [4.69, 9.17) is 4.74 Å². The van der Waals surface area contributed by atoms with Crippen LogP contribution in [-0.4, -0.2) is 23.2 Å². The first-order chi connectivity index (χ1) is 9.70. The second-order valence-electron chi connectivity index (χ2n) is 4.22. The summed E-state index contributed by atoms with van der Waals surface area (Å²) in [6, 6.07) is 14.1. The van der Waals surface area contributed by atoms with Crippen LogP contribution in [0.1, 0.15) is 20.7 Å². The van der Waals surface area contributed by atoms with Crippen molar-refractivity contribution in [2.24, 2.45) is 0 Å². The van der Waals surface area contributed by atoms with Crippen LogP contribution in [0.3, 0.4) is 0 Å². The molecule has 0 N–H and O–H groups in total. The highest BCUT2D eigenvalue weighted by Gasteiger charge is 2.36. The summed E-state index contributed by atoms with van der Waals surface area (Å²) in [4.78, 5) is 25.2. The summed E-state index contributed by atoms with van der Waals surface area (Å²) < 4.78 is 6.26. The fourth-order valence-corrected chi connectivity index (χ4v) is 2.82. The lowest BCUT2D eigenvalue weighted by atomic mass is 10.1. The molecule has 0 radical (unpaired) electrons. The summed E-state index contributed by atoms with van der Waals surface area (Å²) in [5, 5.41) is 0. The number of benzene rings is 2. The number of rotatable bonds is 3. The molecule has 100 valence electrons. The van der Waals surface area contributed by atoms with Gasteiger partial charge >= 0.3 is 0 Å². The van der Waals surface area contributed by atoms with Crippen LogP contribution in [0.4, 0.5) is 0 Å². The lowest BCUT2D eigenvalue weighted by Crippen LogP contribution is -2.21. The molecule has 0 bridgehead atoms. The van der Waals surface area contributed by atoms with Gasteiger partial charge in [0.2, 0.25) is 0 Å². The maximum absolute atomic E-state index is 12.2. The van der Waals surface area contributed by atoms with Crippen molar-refractivity contribution in [1.29, 1.82) is 0 Å². The van der Waals surface area contributed by atoms with Gasteiger partial charge in [0.15, 0.2) is 0 Å². The van der Waals surface area contributed by atoms with Crippen molar-refractivity contribution in [2.45, 2.75) is 4.90 Å². The molecule has 2 aromatic rings. The zero-order chi connectivity index (χ0) is 14.1. The Hall–Kier alpha value is -2.27. The Labute approximate surface area is 120 Å².